The zero-order chi connectivity index (χ0) is 22.7. The molecule has 12 heteroatoms. The summed E-state index contributed by atoms with van der Waals surface area (Å²) in [7, 11) is 1.58. The number of nitrogens with one attached hydrogen (secondary N) is 2. The van der Waals surface area contributed by atoms with Gasteiger partial charge in [-0.25, -0.2) is 9.78 Å². The molecule has 3 N–H and O–H groups in total. The second-order valence-electron chi connectivity index (χ2n) is 7.19. The van der Waals surface area contributed by atoms with E-state index in [4.69, 9.17) is 32.7 Å². The summed E-state index contributed by atoms with van der Waals surface area (Å²) in [6, 6.07) is -0.279. The number of amides is 1. The summed E-state index contributed by atoms with van der Waals surface area (Å²) >= 11 is 13.4. The molecule has 3 rings (SSSR count). The first-order valence-electron chi connectivity index (χ1n) is 9.63. The Morgan fingerprint density at radius 3 is 2.65 bits per heavy atom. The number of H-pyrrole nitrogens is 1. The van der Waals surface area contributed by atoms with Crippen LogP contribution < -0.4 is 10.2 Å². The fourth-order valence-electron chi connectivity index (χ4n) is 3.39. The summed E-state index contributed by atoms with van der Waals surface area (Å²) < 4.78 is 11.0. The maximum atomic E-state index is 12.8. The Labute approximate surface area is 193 Å². The third-order valence-electron chi connectivity index (χ3n) is 5.03. The third kappa shape index (κ3) is 5.32. The molecule has 3 heterocycles. The van der Waals surface area contributed by atoms with Crippen LogP contribution in [0.1, 0.15) is 38.0 Å². The van der Waals surface area contributed by atoms with Crippen LogP contribution in [0.15, 0.2) is 0 Å². The van der Waals surface area contributed by atoms with Gasteiger partial charge in [-0.15, -0.1) is 0 Å². The smallest absolute Gasteiger partial charge is 0.347 e. The number of carboxylic acid groups (broad SMARTS) is 1. The lowest BCUT2D eigenvalue weighted by molar-refractivity contribution is -0.00498. The highest BCUT2D eigenvalue weighted by atomic mass is 35.5. The van der Waals surface area contributed by atoms with Crippen molar-refractivity contribution in [3.8, 4) is 0 Å². The number of aromatic amines is 1. The monoisotopic (exact) mass is 490 g/mol. The molecule has 1 aliphatic rings. The number of rotatable bonds is 8. The summed E-state index contributed by atoms with van der Waals surface area (Å²) in [5, 5.41) is 13.4. The molecule has 0 bridgehead atoms. The summed E-state index contributed by atoms with van der Waals surface area (Å²) in [5.41, 5.74) is 1.31. The zero-order valence-electron chi connectivity index (χ0n) is 17.3. The van der Waals surface area contributed by atoms with Crippen LogP contribution in [0.25, 0.3) is 0 Å². The molecular formula is C19H24Cl2N4O5S. The topological polar surface area (TPSA) is 117 Å². The molecule has 0 radical (unpaired) electrons. The van der Waals surface area contributed by atoms with Crippen molar-refractivity contribution in [2.75, 3.05) is 38.3 Å². The van der Waals surface area contributed by atoms with Gasteiger partial charge < -0.3 is 29.8 Å². The first-order valence-corrected chi connectivity index (χ1v) is 11.2. The zero-order valence-corrected chi connectivity index (χ0v) is 19.7. The average Bonchev–Trinajstić information content (AvgIpc) is 3.24. The number of piperidine rings is 1. The van der Waals surface area contributed by atoms with Gasteiger partial charge in [0.15, 0.2) is 5.13 Å². The van der Waals surface area contributed by atoms with Crippen molar-refractivity contribution in [2.24, 2.45) is 0 Å². The molecule has 1 saturated heterocycles. The van der Waals surface area contributed by atoms with Crippen LogP contribution >= 0.6 is 34.5 Å². The van der Waals surface area contributed by atoms with Gasteiger partial charge in [0.25, 0.3) is 5.91 Å². The SMILES string of the molecule is COCCO[C@H]1CN(c2nc(C)c(C(=O)O)s2)CC[C@H]1NC(=O)c1[nH]c(C)c(Cl)c1Cl. The Bertz CT molecular complexity index is 963. The fourth-order valence-corrected chi connectivity index (χ4v) is 4.75. The fraction of sp³-hybridized carbons (Fsp3) is 0.526. The molecule has 0 aliphatic carbocycles. The molecule has 9 nitrogen and oxygen atoms in total. The van der Waals surface area contributed by atoms with E-state index in [0.717, 1.165) is 11.3 Å². The maximum Gasteiger partial charge on any atom is 0.347 e. The van der Waals surface area contributed by atoms with Gasteiger partial charge >= 0.3 is 5.97 Å². The van der Waals surface area contributed by atoms with Crippen molar-refractivity contribution in [3.05, 3.63) is 32.0 Å². The number of hydrogen-bond acceptors (Lipinski definition) is 7. The summed E-state index contributed by atoms with van der Waals surface area (Å²) in [6.07, 6.45) is 0.228. The van der Waals surface area contributed by atoms with E-state index in [0.29, 0.717) is 54.3 Å². The van der Waals surface area contributed by atoms with E-state index < -0.39 is 5.97 Å². The van der Waals surface area contributed by atoms with Crippen LogP contribution in [0.3, 0.4) is 0 Å². The number of ether oxygens (including phenoxy) is 2. The lowest BCUT2D eigenvalue weighted by Crippen LogP contribution is -2.55. The number of carbonyl (C=O) groups is 2. The minimum Gasteiger partial charge on any atom is -0.477 e. The lowest BCUT2D eigenvalue weighted by Gasteiger charge is -2.38. The number of nitrogens with zero attached hydrogens (tertiary/aromatic N) is 2. The van der Waals surface area contributed by atoms with Gasteiger partial charge in [-0.05, 0) is 20.3 Å². The van der Waals surface area contributed by atoms with E-state index in [1.54, 1.807) is 21.0 Å². The van der Waals surface area contributed by atoms with Gasteiger partial charge in [-0.3, -0.25) is 4.79 Å². The molecule has 2 atom stereocenters. The molecule has 1 fully saturated rings. The molecular weight excluding hydrogens is 467 g/mol. The molecule has 2 aromatic rings. The maximum absolute atomic E-state index is 12.8. The second-order valence-corrected chi connectivity index (χ2v) is 8.92. The van der Waals surface area contributed by atoms with Crippen molar-refractivity contribution >= 4 is 51.5 Å². The third-order valence-corrected chi connectivity index (χ3v) is 7.18. The van der Waals surface area contributed by atoms with E-state index in [2.05, 4.69) is 15.3 Å². The number of thiazole rings is 1. The number of anilines is 1. The molecule has 0 saturated carbocycles. The molecule has 0 aromatic carbocycles. The number of aromatic carboxylic acids is 1. The standard InChI is InChI=1S/C19H24Cl2N4O5S/c1-9-13(20)14(21)15(22-9)17(26)24-11-4-5-25(8-12(11)30-7-6-29-3)19-23-10(2)16(31-19)18(27)28/h11-12,22H,4-8H2,1-3H3,(H,24,26)(H,27,28)/t11-,12+/m1/s1. The van der Waals surface area contributed by atoms with Crippen molar-refractivity contribution in [2.45, 2.75) is 32.4 Å². The summed E-state index contributed by atoms with van der Waals surface area (Å²) in [4.78, 5) is 33.7. The van der Waals surface area contributed by atoms with Gasteiger partial charge in [0.2, 0.25) is 0 Å². The summed E-state index contributed by atoms with van der Waals surface area (Å²) in [5.74, 6) is -1.36. The van der Waals surface area contributed by atoms with Crippen LogP contribution in [0.4, 0.5) is 5.13 Å². The molecule has 0 spiro atoms. The highest BCUT2D eigenvalue weighted by molar-refractivity contribution is 7.17. The Hall–Kier alpha value is -1.85. The number of methoxy groups -OCH3 is 1. The van der Waals surface area contributed by atoms with Crippen LogP contribution in [0, 0.1) is 13.8 Å². The summed E-state index contributed by atoms with van der Waals surface area (Å²) in [6.45, 7) is 5.21. The second kappa shape index (κ2) is 10.2. The molecule has 2 aromatic heterocycles. The van der Waals surface area contributed by atoms with E-state index in [9.17, 15) is 14.7 Å². The van der Waals surface area contributed by atoms with E-state index in [1.165, 1.54) is 0 Å². The molecule has 1 amide bonds. The van der Waals surface area contributed by atoms with Crippen molar-refractivity contribution in [1.82, 2.24) is 15.3 Å². The minimum absolute atomic E-state index is 0.186. The van der Waals surface area contributed by atoms with Crippen molar-refractivity contribution in [3.63, 3.8) is 0 Å². The van der Waals surface area contributed by atoms with Crippen LogP contribution in [-0.4, -0.2) is 72.5 Å². The lowest BCUT2D eigenvalue weighted by atomic mass is 10.0. The molecule has 31 heavy (non-hydrogen) atoms. The van der Waals surface area contributed by atoms with Gasteiger partial charge in [0, 0.05) is 25.9 Å². The number of halogens is 2. The van der Waals surface area contributed by atoms with Gasteiger partial charge in [-0.1, -0.05) is 34.5 Å². The first kappa shape index (κ1) is 23.8. The number of carboxylic acids is 1. The number of hydrogen-bond donors (Lipinski definition) is 3. The Balaban J connectivity index is 1.74. The molecule has 170 valence electrons. The Morgan fingerprint density at radius 1 is 1.32 bits per heavy atom. The number of aryl methyl sites for hydroxylation is 2. The van der Waals surface area contributed by atoms with Gasteiger partial charge in [-0.2, -0.15) is 0 Å². The quantitative estimate of drug-likeness (QED) is 0.486. The van der Waals surface area contributed by atoms with Crippen LogP contribution in [0.5, 0.6) is 0 Å². The van der Waals surface area contributed by atoms with Crippen molar-refractivity contribution < 1.29 is 24.2 Å². The minimum atomic E-state index is -0.993. The Morgan fingerprint density at radius 2 is 2.06 bits per heavy atom. The molecule has 1 aliphatic heterocycles. The van der Waals surface area contributed by atoms with Crippen LogP contribution in [0.2, 0.25) is 10.0 Å². The van der Waals surface area contributed by atoms with Gasteiger partial charge in [0.05, 0.1) is 41.1 Å². The number of carbonyl (C=O) groups excluding carboxylic acids is 1. The largest absolute Gasteiger partial charge is 0.477 e. The van der Waals surface area contributed by atoms with E-state index >= 15 is 0 Å². The highest BCUT2D eigenvalue weighted by Gasteiger charge is 2.34. The highest BCUT2D eigenvalue weighted by Crippen LogP contribution is 2.31. The average molecular weight is 491 g/mol. The predicted octanol–water partition coefficient (Wildman–Crippen LogP) is 3.13. The predicted molar refractivity (Wildman–Crippen MR) is 119 cm³/mol. The Kier molecular flexibility index (Phi) is 7.82. The van der Waals surface area contributed by atoms with Crippen molar-refractivity contribution in [1.29, 1.82) is 0 Å². The van der Waals surface area contributed by atoms with Crippen LogP contribution in [-0.2, 0) is 9.47 Å². The van der Waals surface area contributed by atoms with Gasteiger partial charge in [0.1, 0.15) is 10.6 Å². The number of aromatic nitrogens is 2. The normalized spacial score (nSPS) is 18.9. The van der Waals surface area contributed by atoms with E-state index in [1.807, 2.05) is 4.90 Å². The molecule has 0 unspecified atom stereocenters. The van der Waals surface area contributed by atoms with E-state index in [-0.39, 0.29) is 33.6 Å². The first-order chi connectivity index (χ1) is 14.7.